The molecule has 1 aromatic heterocycles. The lowest BCUT2D eigenvalue weighted by Gasteiger charge is -2.17. The van der Waals surface area contributed by atoms with E-state index in [9.17, 15) is 0 Å². The molecule has 1 aromatic rings. The molecule has 0 amide bonds. The highest BCUT2D eigenvalue weighted by Crippen LogP contribution is 2.33. The monoisotopic (exact) mass is 224 g/mol. The van der Waals surface area contributed by atoms with Crippen LogP contribution in [0.5, 0.6) is 0 Å². The van der Waals surface area contributed by atoms with E-state index >= 15 is 0 Å². The Morgan fingerprint density at radius 3 is 2.43 bits per heavy atom. The highest BCUT2D eigenvalue weighted by molar-refractivity contribution is 7.43. The van der Waals surface area contributed by atoms with Gasteiger partial charge in [0.2, 0.25) is 0 Å². The first-order chi connectivity index (χ1) is 6.45. The number of hydrogen-bond acceptors (Lipinski definition) is 2. The van der Waals surface area contributed by atoms with Crippen LogP contribution in [0.15, 0.2) is 12.4 Å². The van der Waals surface area contributed by atoms with Gasteiger partial charge in [-0.05, 0) is 12.3 Å². The average molecular weight is 224 g/mol. The summed E-state index contributed by atoms with van der Waals surface area (Å²) in [7, 11) is 10.9. The van der Waals surface area contributed by atoms with Gasteiger partial charge in [0.1, 0.15) is 0 Å². The van der Waals surface area contributed by atoms with E-state index in [1.807, 2.05) is 0 Å². The highest BCUT2D eigenvalue weighted by Gasteiger charge is 2.16. The normalized spacial score (nSPS) is 14.0. The molecule has 3 atom stereocenters. The summed E-state index contributed by atoms with van der Waals surface area (Å²) in [5.74, 6) is 0.456. The van der Waals surface area contributed by atoms with Gasteiger partial charge in [-0.2, -0.15) is 0 Å². The van der Waals surface area contributed by atoms with Crippen molar-refractivity contribution in [2.45, 2.75) is 31.0 Å². The minimum Gasteiger partial charge on any atom is -0.257 e. The van der Waals surface area contributed by atoms with Gasteiger partial charge in [-0.3, -0.25) is 9.97 Å². The molecule has 0 aliphatic rings. The summed E-state index contributed by atoms with van der Waals surface area (Å²) in [5.41, 5.74) is 1.79. The topological polar surface area (TPSA) is 25.8 Å². The molecule has 2 nitrogen and oxygen atoms in total. The Morgan fingerprint density at radius 2 is 2.07 bits per heavy atom. The maximum Gasteiger partial charge on any atom is 0.0947 e. The van der Waals surface area contributed by atoms with E-state index in [-0.39, 0.29) is 0 Å². The van der Waals surface area contributed by atoms with Crippen molar-refractivity contribution in [3.63, 3.8) is 0 Å². The summed E-state index contributed by atoms with van der Waals surface area (Å²) in [6, 6.07) is 0. The Morgan fingerprint density at radius 1 is 1.43 bits per heavy atom. The fourth-order valence-corrected chi connectivity index (χ4v) is 1.32. The van der Waals surface area contributed by atoms with Crippen LogP contribution in [0.1, 0.15) is 37.6 Å². The van der Waals surface area contributed by atoms with Crippen molar-refractivity contribution in [2.75, 3.05) is 0 Å². The van der Waals surface area contributed by atoms with Gasteiger partial charge in [0.25, 0.3) is 0 Å². The summed E-state index contributed by atoms with van der Waals surface area (Å²) >= 11 is 0. The van der Waals surface area contributed by atoms with Crippen molar-refractivity contribution in [1.82, 2.24) is 9.97 Å². The van der Waals surface area contributed by atoms with Crippen LogP contribution in [0.3, 0.4) is 0 Å². The molecule has 0 fully saturated rings. The maximum atomic E-state index is 5.84. The van der Waals surface area contributed by atoms with Gasteiger partial charge in [-0.25, -0.2) is 0 Å². The minimum atomic E-state index is -0.568. The third kappa shape index (κ3) is 3.00. The van der Waals surface area contributed by atoms with Crippen LogP contribution < -0.4 is 0 Å². The molecule has 1 heterocycles. The summed E-state index contributed by atoms with van der Waals surface area (Å²) < 4.78 is 0. The predicted octanol–water partition coefficient (Wildman–Crippen LogP) is 2.02. The molecule has 0 aliphatic carbocycles. The highest BCUT2D eigenvalue weighted by atomic mass is 31.1. The molecule has 1 rings (SSSR count). The molecule has 2 radical (unpaired) electrons. The summed E-state index contributed by atoms with van der Waals surface area (Å²) in [5, 5.41) is 0. The van der Waals surface area contributed by atoms with Gasteiger partial charge in [0.05, 0.1) is 19.2 Å². The van der Waals surface area contributed by atoms with Gasteiger partial charge in [0.15, 0.2) is 0 Å². The number of rotatable bonds is 3. The summed E-state index contributed by atoms with van der Waals surface area (Å²) in [6.07, 6.45) is 4.62. The summed E-state index contributed by atoms with van der Waals surface area (Å²) in [4.78, 5) is 8.07. The second kappa shape index (κ2) is 4.68. The van der Waals surface area contributed by atoms with E-state index in [4.69, 9.17) is 7.85 Å². The lowest BCUT2D eigenvalue weighted by atomic mass is 9.99. The zero-order chi connectivity index (χ0) is 10.8. The summed E-state index contributed by atoms with van der Waals surface area (Å²) in [6.45, 7) is 4.28. The number of nitrogens with zero attached hydrogens (tertiary/aromatic N) is 2. The van der Waals surface area contributed by atoms with E-state index in [1.165, 1.54) is 0 Å². The van der Waals surface area contributed by atoms with Crippen LogP contribution in [-0.2, 0) is 4.80 Å². The maximum absolute atomic E-state index is 5.84. The predicted molar refractivity (Wildman–Crippen MR) is 67.6 cm³/mol. The van der Waals surface area contributed by atoms with Crippen LogP contribution in [-0.4, -0.2) is 17.8 Å². The molecule has 0 saturated carbocycles. The van der Waals surface area contributed by atoms with Gasteiger partial charge < -0.3 is 0 Å². The molecule has 0 spiro atoms. The van der Waals surface area contributed by atoms with Crippen molar-refractivity contribution in [1.29, 1.82) is 0 Å². The zero-order valence-corrected chi connectivity index (χ0v) is 10.9. The molecule has 14 heavy (non-hydrogen) atoms. The SMILES string of the molecule is [B]C(P)(P)c1cnc(C(C)CC)cn1. The van der Waals surface area contributed by atoms with E-state index in [1.54, 1.807) is 12.4 Å². The Kier molecular flexibility index (Phi) is 4.04. The molecular formula is C9H15BN2P2. The quantitative estimate of drug-likeness (QED) is 0.579. The van der Waals surface area contributed by atoms with Crippen LogP contribution in [0.25, 0.3) is 0 Å². The van der Waals surface area contributed by atoms with Crippen molar-refractivity contribution < 1.29 is 0 Å². The third-order valence-corrected chi connectivity index (χ3v) is 2.82. The van der Waals surface area contributed by atoms with Gasteiger partial charge >= 0.3 is 0 Å². The first-order valence-electron chi connectivity index (χ1n) is 4.64. The molecule has 0 bridgehead atoms. The zero-order valence-electron chi connectivity index (χ0n) is 8.57. The fraction of sp³-hybridized carbons (Fsp3) is 0.556. The Balaban J connectivity index is 2.89. The van der Waals surface area contributed by atoms with E-state index in [2.05, 4.69) is 42.3 Å². The van der Waals surface area contributed by atoms with Crippen LogP contribution in [0.2, 0.25) is 0 Å². The van der Waals surface area contributed by atoms with Crippen LogP contribution in [0, 0.1) is 0 Å². The lowest BCUT2D eigenvalue weighted by molar-refractivity contribution is 0.700. The lowest BCUT2D eigenvalue weighted by Crippen LogP contribution is -2.11. The smallest absolute Gasteiger partial charge is 0.0947 e. The first-order valence-corrected chi connectivity index (χ1v) is 5.79. The average Bonchev–Trinajstić information content (AvgIpc) is 2.15. The van der Waals surface area contributed by atoms with Crippen LogP contribution in [0.4, 0.5) is 0 Å². The van der Waals surface area contributed by atoms with Crippen molar-refractivity contribution in [3.05, 3.63) is 23.8 Å². The van der Waals surface area contributed by atoms with E-state index in [0.717, 1.165) is 17.8 Å². The molecule has 5 heteroatoms. The number of aromatic nitrogens is 2. The van der Waals surface area contributed by atoms with Gasteiger partial charge in [0, 0.05) is 17.2 Å². The molecule has 3 unspecified atom stereocenters. The molecular weight excluding hydrogens is 209 g/mol. The molecule has 0 aromatic carbocycles. The Bertz CT molecular complexity index is 295. The van der Waals surface area contributed by atoms with Crippen molar-refractivity contribution in [3.8, 4) is 0 Å². The largest absolute Gasteiger partial charge is 0.257 e. The second-order valence-electron chi connectivity index (χ2n) is 3.57. The van der Waals surface area contributed by atoms with E-state index < -0.39 is 4.80 Å². The molecule has 0 saturated heterocycles. The number of hydrogen-bond donors (Lipinski definition) is 0. The molecule has 0 aliphatic heterocycles. The minimum absolute atomic E-state index is 0.456. The van der Waals surface area contributed by atoms with E-state index in [0.29, 0.717) is 5.92 Å². The molecule has 74 valence electrons. The first kappa shape index (κ1) is 12.1. The van der Waals surface area contributed by atoms with Gasteiger partial charge in [-0.1, -0.05) is 13.8 Å². The Hall–Kier alpha value is 0.00494. The third-order valence-electron chi connectivity index (χ3n) is 2.23. The van der Waals surface area contributed by atoms with Crippen LogP contribution >= 0.6 is 18.5 Å². The fourth-order valence-electron chi connectivity index (χ4n) is 1.03. The Labute approximate surface area is 91.5 Å². The van der Waals surface area contributed by atoms with Crippen molar-refractivity contribution in [2.24, 2.45) is 0 Å². The standard InChI is InChI=1S/C9H15BN2P2/c1-3-6(2)7-4-12-8(5-11-7)9(10,13)14/h4-6H,3,13-14H2,1-2H3. The molecule has 0 N–H and O–H groups in total. The second-order valence-corrected chi connectivity index (χ2v) is 6.15. The van der Waals surface area contributed by atoms with Crippen molar-refractivity contribution >= 4 is 26.3 Å². The van der Waals surface area contributed by atoms with Gasteiger partial charge in [-0.15, -0.1) is 18.5 Å².